The Kier molecular flexibility index (Phi) is 6.71. The third-order valence-corrected chi connectivity index (χ3v) is 4.08. The molecule has 1 saturated heterocycles. The van der Waals surface area contributed by atoms with Crippen LogP contribution in [-0.4, -0.2) is 37.7 Å². The number of hydrogen-bond acceptors (Lipinski definition) is 7. The average Bonchev–Trinajstić information content (AvgIpc) is 2.79. The average molecular weight is 339 g/mol. The van der Waals surface area contributed by atoms with Crippen molar-refractivity contribution in [2.45, 2.75) is 47.1 Å². The van der Waals surface area contributed by atoms with Gasteiger partial charge < -0.3 is 14.3 Å². The first-order chi connectivity index (χ1) is 11.1. The van der Waals surface area contributed by atoms with Crippen LogP contribution in [0.1, 0.15) is 41.0 Å². The van der Waals surface area contributed by atoms with Crippen LogP contribution in [0.25, 0.3) is 0 Å². The smallest absolute Gasteiger partial charge is 0.333 e. The van der Waals surface area contributed by atoms with Gasteiger partial charge in [-0.05, 0) is 52.7 Å². The zero-order valence-electron chi connectivity index (χ0n) is 15.0. The minimum Gasteiger partial charge on any atom is -0.466 e. The van der Waals surface area contributed by atoms with Crippen LogP contribution in [0.2, 0.25) is 0 Å². The largest absolute Gasteiger partial charge is 0.466 e. The van der Waals surface area contributed by atoms with Crippen molar-refractivity contribution in [3.05, 3.63) is 22.8 Å². The molecule has 1 aliphatic heterocycles. The van der Waals surface area contributed by atoms with E-state index in [1.165, 1.54) is 7.11 Å². The molecule has 0 aromatic carbocycles. The summed E-state index contributed by atoms with van der Waals surface area (Å²) >= 11 is 0. The summed E-state index contributed by atoms with van der Waals surface area (Å²) in [6, 6.07) is -0.342. The first-order valence-electron chi connectivity index (χ1n) is 7.75. The van der Waals surface area contributed by atoms with Crippen molar-refractivity contribution in [3.8, 4) is 0 Å². The number of hydroxylamine groups is 1. The van der Waals surface area contributed by atoms with Gasteiger partial charge in [0.05, 0.1) is 25.2 Å². The molecule has 0 aromatic heterocycles. The molecule has 134 valence electrons. The third kappa shape index (κ3) is 4.44. The van der Waals surface area contributed by atoms with E-state index in [0.29, 0.717) is 23.1 Å². The van der Waals surface area contributed by atoms with E-state index in [9.17, 15) is 14.4 Å². The minimum atomic E-state index is -0.757. The van der Waals surface area contributed by atoms with E-state index in [2.05, 4.69) is 10.2 Å². The Morgan fingerprint density at radius 3 is 2.38 bits per heavy atom. The molecule has 24 heavy (non-hydrogen) atoms. The molecule has 0 spiro atoms. The van der Waals surface area contributed by atoms with Gasteiger partial charge >= 0.3 is 17.9 Å². The van der Waals surface area contributed by atoms with E-state index in [1.807, 2.05) is 0 Å². The molecule has 0 bridgehead atoms. The van der Waals surface area contributed by atoms with Crippen molar-refractivity contribution < 1.29 is 28.7 Å². The molecule has 0 saturated carbocycles. The van der Waals surface area contributed by atoms with Gasteiger partial charge in [-0.25, -0.2) is 14.4 Å². The first-order valence-corrected chi connectivity index (χ1v) is 7.75. The molecule has 7 heteroatoms. The molecule has 1 heterocycles. The highest BCUT2D eigenvalue weighted by Crippen LogP contribution is 2.33. The van der Waals surface area contributed by atoms with Crippen molar-refractivity contribution in [1.82, 2.24) is 5.48 Å². The molecule has 1 rings (SSSR count). The van der Waals surface area contributed by atoms with Gasteiger partial charge in [-0.15, -0.1) is 5.48 Å². The van der Waals surface area contributed by atoms with Gasteiger partial charge in [-0.1, -0.05) is 0 Å². The molecule has 0 aromatic rings. The summed E-state index contributed by atoms with van der Waals surface area (Å²) in [6.45, 7) is 8.70. The molecule has 1 fully saturated rings. The molecular formula is C17H25NO6. The predicted molar refractivity (Wildman–Crippen MR) is 86.5 cm³/mol. The fourth-order valence-electron chi connectivity index (χ4n) is 2.23. The second kappa shape index (κ2) is 8.10. The topological polar surface area (TPSA) is 90.9 Å². The van der Waals surface area contributed by atoms with Crippen LogP contribution in [0.5, 0.6) is 0 Å². The lowest BCUT2D eigenvalue weighted by Crippen LogP contribution is -2.35. The van der Waals surface area contributed by atoms with Crippen LogP contribution in [0.3, 0.4) is 0 Å². The Bertz CT molecular complexity index is 588. The van der Waals surface area contributed by atoms with Crippen molar-refractivity contribution in [2.75, 3.05) is 13.7 Å². The van der Waals surface area contributed by atoms with Gasteiger partial charge in [0.1, 0.15) is 0 Å². The summed E-state index contributed by atoms with van der Waals surface area (Å²) in [4.78, 5) is 40.4. The van der Waals surface area contributed by atoms with E-state index in [0.717, 1.165) is 0 Å². The van der Waals surface area contributed by atoms with Crippen LogP contribution in [0.15, 0.2) is 22.8 Å². The van der Waals surface area contributed by atoms with Crippen molar-refractivity contribution in [2.24, 2.45) is 5.41 Å². The summed E-state index contributed by atoms with van der Waals surface area (Å²) in [5.41, 5.74) is 3.23. The fourth-order valence-corrected chi connectivity index (χ4v) is 2.23. The molecule has 0 amide bonds. The number of methoxy groups -OCH3 is 1. The molecule has 1 atom stereocenters. The maximum atomic E-state index is 12.1. The lowest BCUT2D eigenvalue weighted by molar-refractivity contribution is -0.148. The van der Waals surface area contributed by atoms with Gasteiger partial charge in [0.2, 0.25) is 0 Å². The molecule has 0 aliphatic carbocycles. The molecule has 1 N–H and O–H groups in total. The number of hydrogen-bond donors (Lipinski definition) is 1. The van der Waals surface area contributed by atoms with E-state index in [4.69, 9.17) is 9.57 Å². The lowest BCUT2D eigenvalue weighted by Gasteiger charge is -2.22. The van der Waals surface area contributed by atoms with Gasteiger partial charge in [0.15, 0.2) is 0 Å². The maximum absolute atomic E-state index is 12.1. The Morgan fingerprint density at radius 2 is 1.92 bits per heavy atom. The predicted octanol–water partition coefficient (Wildman–Crippen LogP) is 1.83. The van der Waals surface area contributed by atoms with E-state index < -0.39 is 17.4 Å². The molecule has 7 nitrogen and oxygen atoms in total. The van der Waals surface area contributed by atoms with Crippen molar-refractivity contribution >= 4 is 17.9 Å². The Balaban J connectivity index is 3.20. The lowest BCUT2D eigenvalue weighted by atomic mass is 9.81. The Morgan fingerprint density at radius 1 is 1.29 bits per heavy atom. The normalized spacial score (nSPS) is 21.0. The Labute approximate surface area is 142 Å². The van der Waals surface area contributed by atoms with Crippen LogP contribution in [0, 0.1) is 5.41 Å². The van der Waals surface area contributed by atoms with Gasteiger partial charge in [0.25, 0.3) is 0 Å². The second-order valence-electron chi connectivity index (χ2n) is 6.18. The highest BCUT2D eigenvalue weighted by molar-refractivity contribution is 5.91. The zero-order chi connectivity index (χ0) is 18.5. The maximum Gasteiger partial charge on any atom is 0.333 e. The zero-order valence-corrected chi connectivity index (χ0v) is 15.0. The number of rotatable bonds is 6. The standard InChI is InChI=1S/C17H25NO6/c1-7-23-15(20)11(3)12(8-10(2)14(19)22-6)9-13-17(4,5)16(21)24-18-13/h8,13,18H,7,9H2,1-6H3/b10-8+,12-11+. The highest BCUT2D eigenvalue weighted by atomic mass is 16.7. The van der Waals surface area contributed by atoms with E-state index in [1.54, 1.807) is 40.7 Å². The Hall–Kier alpha value is -2.15. The number of allylic oxidation sites excluding steroid dienone is 1. The quantitative estimate of drug-likeness (QED) is 0.342. The van der Waals surface area contributed by atoms with Crippen molar-refractivity contribution in [1.29, 1.82) is 0 Å². The second-order valence-corrected chi connectivity index (χ2v) is 6.18. The third-order valence-electron chi connectivity index (χ3n) is 4.08. The van der Waals surface area contributed by atoms with E-state index in [-0.39, 0.29) is 18.6 Å². The molecule has 1 unspecified atom stereocenters. The summed E-state index contributed by atoms with van der Waals surface area (Å²) in [5.74, 6) is -1.33. The van der Waals surface area contributed by atoms with Crippen molar-refractivity contribution in [3.63, 3.8) is 0 Å². The molecular weight excluding hydrogens is 314 g/mol. The number of ether oxygens (including phenoxy) is 2. The summed E-state index contributed by atoms with van der Waals surface area (Å²) in [5, 5.41) is 0. The SMILES string of the molecule is CCOC(=O)/C(C)=C(\C=C(/C)C(=O)OC)CC1NOC(=O)C1(C)C. The summed E-state index contributed by atoms with van der Waals surface area (Å²) in [6.07, 6.45) is 1.90. The van der Waals surface area contributed by atoms with Gasteiger partial charge in [-0.2, -0.15) is 0 Å². The monoisotopic (exact) mass is 339 g/mol. The van der Waals surface area contributed by atoms with E-state index >= 15 is 0 Å². The first kappa shape index (κ1) is 19.9. The molecule has 0 radical (unpaired) electrons. The van der Waals surface area contributed by atoms with Crippen LogP contribution in [0.4, 0.5) is 0 Å². The summed E-state index contributed by atoms with van der Waals surface area (Å²) < 4.78 is 9.72. The van der Waals surface area contributed by atoms with Crippen LogP contribution < -0.4 is 5.48 Å². The molecule has 1 aliphatic rings. The number of esters is 2. The minimum absolute atomic E-state index is 0.248. The number of carbonyl (C=O) groups excluding carboxylic acids is 3. The fraction of sp³-hybridized carbons (Fsp3) is 0.588. The van der Waals surface area contributed by atoms with Crippen LogP contribution in [-0.2, 0) is 28.7 Å². The number of carbonyl (C=O) groups is 3. The van der Waals surface area contributed by atoms with Crippen LogP contribution >= 0.6 is 0 Å². The number of nitrogens with one attached hydrogen (secondary N) is 1. The van der Waals surface area contributed by atoms with Gasteiger partial charge in [0, 0.05) is 11.1 Å². The van der Waals surface area contributed by atoms with Gasteiger partial charge in [-0.3, -0.25) is 0 Å². The highest BCUT2D eigenvalue weighted by Gasteiger charge is 2.45. The summed E-state index contributed by atoms with van der Waals surface area (Å²) in [7, 11) is 1.29.